The highest BCUT2D eigenvalue weighted by Gasteiger charge is 2.08. The second-order valence-corrected chi connectivity index (χ2v) is 8.92. The van der Waals surface area contributed by atoms with Crippen molar-refractivity contribution in [1.82, 2.24) is 5.43 Å². The van der Waals surface area contributed by atoms with Crippen LogP contribution >= 0.6 is 27.7 Å². The molecule has 0 aliphatic heterocycles. The van der Waals surface area contributed by atoms with Crippen LogP contribution < -0.4 is 20.2 Å². The Morgan fingerprint density at radius 1 is 1.03 bits per heavy atom. The number of benzene rings is 3. The van der Waals surface area contributed by atoms with Gasteiger partial charge in [-0.25, -0.2) is 5.43 Å². The molecule has 0 fully saturated rings. The monoisotopic (exact) mass is 541 g/mol. The van der Waals surface area contributed by atoms with Crippen LogP contribution in [0, 0.1) is 0 Å². The Morgan fingerprint density at radius 2 is 1.82 bits per heavy atom. The van der Waals surface area contributed by atoms with Gasteiger partial charge in [-0.15, -0.1) is 11.8 Å². The molecular weight excluding hydrogens is 518 g/mol. The van der Waals surface area contributed by atoms with Crippen LogP contribution in [0.5, 0.6) is 11.5 Å². The topological polar surface area (TPSA) is 89.0 Å². The maximum absolute atomic E-state index is 12.1. The van der Waals surface area contributed by atoms with Gasteiger partial charge in [0.05, 0.1) is 24.8 Å². The molecule has 0 aliphatic rings. The molecule has 2 amide bonds. The lowest BCUT2D eigenvalue weighted by Crippen LogP contribution is -2.20. The van der Waals surface area contributed by atoms with Gasteiger partial charge < -0.3 is 14.8 Å². The van der Waals surface area contributed by atoms with E-state index in [1.165, 1.54) is 11.8 Å². The number of methoxy groups -OCH3 is 1. The first-order chi connectivity index (χ1) is 16.5. The van der Waals surface area contributed by atoms with Crippen LogP contribution in [0.1, 0.15) is 11.1 Å². The van der Waals surface area contributed by atoms with E-state index in [-0.39, 0.29) is 18.4 Å². The number of hydrazone groups is 1. The molecule has 0 saturated carbocycles. The van der Waals surface area contributed by atoms with Crippen molar-refractivity contribution in [3.63, 3.8) is 0 Å². The van der Waals surface area contributed by atoms with E-state index in [1.54, 1.807) is 49.7 Å². The fourth-order valence-electron chi connectivity index (χ4n) is 2.83. The van der Waals surface area contributed by atoms with Crippen molar-refractivity contribution in [3.05, 3.63) is 88.4 Å². The molecule has 0 atom stereocenters. The van der Waals surface area contributed by atoms with Crippen molar-refractivity contribution in [2.45, 2.75) is 5.75 Å². The van der Waals surface area contributed by atoms with Gasteiger partial charge in [0.1, 0.15) is 11.5 Å². The standard InChI is InChI=1S/C25H24BrN3O4S/c1-32-23-8-3-2-7-22(23)28-24(30)15-33-21-11-9-18(10-12-21)14-27-29-25(31)17-34-16-19-5-4-6-20(26)13-19/h2-14H,15-17H2,1H3,(H,28,30)(H,29,31)/b27-14-. The third-order valence-electron chi connectivity index (χ3n) is 4.42. The summed E-state index contributed by atoms with van der Waals surface area (Å²) in [5, 5.41) is 6.74. The minimum atomic E-state index is -0.296. The fourth-order valence-corrected chi connectivity index (χ4v) is 4.05. The van der Waals surface area contributed by atoms with Gasteiger partial charge in [-0.2, -0.15) is 5.10 Å². The van der Waals surface area contributed by atoms with E-state index >= 15 is 0 Å². The molecule has 3 aromatic rings. The van der Waals surface area contributed by atoms with E-state index < -0.39 is 0 Å². The average Bonchev–Trinajstić information content (AvgIpc) is 2.84. The normalized spacial score (nSPS) is 10.6. The maximum Gasteiger partial charge on any atom is 0.262 e. The highest BCUT2D eigenvalue weighted by Crippen LogP contribution is 2.23. The third-order valence-corrected chi connectivity index (χ3v) is 5.92. The zero-order chi connectivity index (χ0) is 24.2. The summed E-state index contributed by atoms with van der Waals surface area (Å²) in [5.41, 5.74) is 5.04. The maximum atomic E-state index is 12.1. The Kier molecular flexibility index (Phi) is 9.99. The average molecular weight is 542 g/mol. The summed E-state index contributed by atoms with van der Waals surface area (Å²) < 4.78 is 11.8. The lowest BCUT2D eigenvalue weighted by molar-refractivity contribution is -0.119. The molecule has 0 radical (unpaired) electrons. The number of carbonyl (C=O) groups is 2. The van der Waals surface area contributed by atoms with Gasteiger partial charge in [-0.05, 0) is 59.7 Å². The first kappa shape index (κ1) is 25.3. The number of hydrogen-bond acceptors (Lipinski definition) is 6. The van der Waals surface area contributed by atoms with Crippen LogP contribution in [0.2, 0.25) is 0 Å². The summed E-state index contributed by atoms with van der Waals surface area (Å²) >= 11 is 4.96. The molecule has 0 heterocycles. The van der Waals surface area contributed by atoms with E-state index in [2.05, 4.69) is 31.8 Å². The highest BCUT2D eigenvalue weighted by molar-refractivity contribution is 9.10. The molecule has 0 aliphatic carbocycles. The summed E-state index contributed by atoms with van der Waals surface area (Å²) in [6, 6.07) is 22.2. The summed E-state index contributed by atoms with van der Waals surface area (Å²) in [6.45, 7) is -0.140. The zero-order valence-corrected chi connectivity index (χ0v) is 20.9. The molecular formula is C25H24BrN3O4S. The predicted octanol–water partition coefficient (Wildman–Crippen LogP) is 4.86. The molecule has 0 aromatic heterocycles. The molecule has 3 aromatic carbocycles. The van der Waals surface area contributed by atoms with Crippen molar-refractivity contribution in [2.24, 2.45) is 5.10 Å². The van der Waals surface area contributed by atoms with E-state index in [0.717, 1.165) is 21.4 Å². The largest absolute Gasteiger partial charge is 0.495 e. The number of ether oxygens (including phenoxy) is 2. The number of anilines is 1. The van der Waals surface area contributed by atoms with E-state index in [4.69, 9.17) is 9.47 Å². The van der Waals surface area contributed by atoms with E-state index in [0.29, 0.717) is 22.9 Å². The fraction of sp³-hybridized carbons (Fsp3) is 0.160. The molecule has 9 heteroatoms. The number of hydrogen-bond donors (Lipinski definition) is 2. The number of rotatable bonds is 11. The van der Waals surface area contributed by atoms with Crippen molar-refractivity contribution >= 4 is 51.4 Å². The van der Waals surface area contributed by atoms with Crippen molar-refractivity contribution in [3.8, 4) is 11.5 Å². The van der Waals surface area contributed by atoms with Gasteiger partial charge in [0.15, 0.2) is 6.61 Å². The number of para-hydroxylation sites is 2. The number of nitrogens with zero attached hydrogens (tertiary/aromatic N) is 1. The van der Waals surface area contributed by atoms with Gasteiger partial charge in [0.2, 0.25) is 5.91 Å². The lowest BCUT2D eigenvalue weighted by atomic mass is 10.2. The van der Waals surface area contributed by atoms with Crippen molar-refractivity contribution < 1.29 is 19.1 Å². The van der Waals surface area contributed by atoms with Crippen LogP contribution in [0.15, 0.2) is 82.4 Å². The minimum absolute atomic E-state index is 0.140. The number of amides is 2. The molecule has 7 nitrogen and oxygen atoms in total. The van der Waals surface area contributed by atoms with Gasteiger partial charge >= 0.3 is 0 Å². The second kappa shape index (κ2) is 13.4. The first-order valence-corrected chi connectivity index (χ1v) is 12.3. The van der Waals surface area contributed by atoms with E-state index in [9.17, 15) is 9.59 Å². The Labute approximate surface area is 211 Å². The first-order valence-electron chi connectivity index (χ1n) is 10.3. The number of nitrogens with one attached hydrogen (secondary N) is 2. The van der Waals surface area contributed by atoms with Crippen LogP contribution in [0.4, 0.5) is 5.69 Å². The molecule has 0 spiro atoms. The SMILES string of the molecule is COc1ccccc1NC(=O)COc1ccc(/C=N\NC(=O)CSCc2cccc(Br)c2)cc1. The molecule has 34 heavy (non-hydrogen) atoms. The predicted molar refractivity (Wildman–Crippen MR) is 140 cm³/mol. The number of thioether (sulfide) groups is 1. The van der Waals surface area contributed by atoms with E-state index in [1.807, 2.05) is 36.4 Å². The van der Waals surface area contributed by atoms with Gasteiger partial charge in [0, 0.05) is 10.2 Å². The summed E-state index contributed by atoms with van der Waals surface area (Å²) in [5.74, 6) is 1.71. The van der Waals surface area contributed by atoms with Crippen LogP contribution in [0.25, 0.3) is 0 Å². The third kappa shape index (κ3) is 8.57. The van der Waals surface area contributed by atoms with Crippen LogP contribution in [-0.4, -0.2) is 37.5 Å². The molecule has 0 bridgehead atoms. The summed E-state index contributed by atoms with van der Waals surface area (Å²) in [4.78, 5) is 24.1. The lowest BCUT2D eigenvalue weighted by Gasteiger charge is -2.10. The Hall–Kier alpha value is -3.30. The van der Waals surface area contributed by atoms with Gasteiger partial charge in [0.25, 0.3) is 5.91 Å². The van der Waals surface area contributed by atoms with Crippen molar-refractivity contribution in [2.75, 3.05) is 24.8 Å². The summed E-state index contributed by atoms with van der Waals surface area (Å²) in [6.07, 6.45) is 1.55. The molecule has 176 valence electrons. The second-order valence-electron chi connectivity index (χ2n) is 7.02. The van der Waals surface area contributed by atoms with Gasteiger partial charge in [-0.1, -0.05) is 40.2 Å². The molecule has 0 unspecified atom stereocenters. The smallest absolute Gasteiger partial charge is 0.262 e. The zero-order valence-electron chi connectivity index (χ0n) is 18.5. The Bertz CT molecular complexity index is 1140. The van der Waals surface area contributed by atoms with Crippen LogP contribution in [-0.2, 0) is 15.3 Å². The highest BCUT2D eigenvalue weighted by atomic mass is 79.9. The molecule has 3 rings (SSSR count). The minimum Gasteiger partial charge on any atom is -0.495 e. The van der Waals surface area contributed by atoms with Crippen molar-refractivity contribution in [1.29, 1.82) is 0 Å². The number of carbonyl (C=O) groups excluding carboxylic acids is 2. The Morgan fingerprint density at radius 3 is 2.59 bits per heavy atom. The van der Waals surface area contributed by atoms with Crippen LogP contribution in [0.3, 0.4) is 0 Å². The summed E-state index contributed by atoms with van der Waals surface area (Å²) in [7, 11) is 1.54. The quantitative estimate of drug-likeness (QED) is 0.267. The molecule has 2 N–H and O–H groups in total. The number of halogens is 1. The molecule has 0 saturated heterocycles. The Balaban J connectivity index is 1.37. The van der Waals surface area contributed by atoms with Gasteiger partial charge in [-0.3, -0.25) is 9.59 Å².